The molecule has 3 aromatic carbocycles. The van der Waals surface area contributed by atoms with Crippen molar-refractivity contribution in [3.8, 4) is 11.4 Å². The number of hydrogen-bond donors (Lipinski definition) is 0. The van der Waals surface area contributed by atoms with Crippen LogP contribution >= 0.6 is 11.6 Å². The highest BCUT2D eigenvalue weighted by Gasteiger charge is 2.16. The van der Waals surface area contributed by atoms with E-state index in [0.717, 1.165) is 22.4 Å². The Balaban J connectivity index is 1.49. The minimum absolute atomic E-state index is 0.0980. The molecule has 0 amide bonds. The van der Waals surface area contributed by atoms with Crippen molar-refractivity contribution >= 4 is 22.5 Å². The third-order valence-electron chi connectivity index (χ3n) is 5.94. The van der Waals surface area contributed by atoms with Gasteiger partial charge >= 0.3 is 0 Å². The van der Waals surface area contributed by atoms with Crippen molar-refractivity contribution in [2.24, 2.45) is 0 Å². The van der Waals surface area contributed by atoms with Crippen LogP contribution < -0.4 is 10.3 Å². The minimum atomic E-state index is -0.0980. The Labute approximate surface area is 207 Å². The number of ether oxygens (including phenoxy) is 1. The van der Waals surface area contributed by atoms with Gasteiger partial charge in [0.25, 0.3) is 5.56 Å². The lowest BCUT2D eigenvalue weighted by atomic mass is 10.1. The van der Waals surface area contributed by atoms with E-state index >= 15 is 0 Å². The Hall–Kier alpha value is -3.97. The highest BCUT2D eigenvalue weighted by atomic mass is 35.5. The standard InChI is InChI=1S/C27H24ClN5O2/c1-17-7-4-5-10-24(17)33-25(29-23-9-6-8-18(2)26(23)27(33)34)15-32-14-20(30-31-32)16-35-21-11-12-22(28)19(3)13-21/h4-14H,15-16H2,1-3H3. The van der Waals surface area contributed by atoms with E-state index in [4.69, 9.17) is 21.3 Å². The van der Waals surface area contributed by atoms with Crippen LogP contribution in [0.15, 0.2) is 71.7 Å². The summed E-state index contributed by atoms with van der Waals surface area (Å²) in [5, 5.41) is 9.79. The zero-order chi connectivity index (χ0) is 24.5. The summed E-state index contributed by atoms with van der Waals surface area (Å²) in [4.78, 5) is 18.5. The van der Waals surface area contributed by atoms with Crippen LogP contribution in [0.1, 0.15) is 28.2 Å². The summed E-state index contributed by atoms with van der Waals surface area (Å²) in [6.07, 6.45) is 1.80. The SMILES string of the molecule is Cc1cc(OCc2cn(Cc3nc4cccc(C)c4c(=O)n3-c3ccccc3C)nn2)ccc1Cl. The van der Waals surface area contributed by atoms with Crippen LogP contribution in [-0.4, -0.2) is 24.5 Å². The van der Waals surface area contributed by atoms with Crippen molar-refractivity contribution in [3.05, 3.63) is 110 Å². The van der Waals surface area contributed by atoms with E-state index in [1.807, 2.05) is 75.4 Å². The second kappa shape index (κ2) is 9.35. The topological polar surface area (TPSA) is 74.8 Å². The van der Waals surface area contributed by atoms with Crippen molar-refractivity contribution in [1.29, 1.82) is 0 Å². The van der Waals surface area contributed by atoms with Gasteiger partial charge < -0.3 is 4.74 Å². The third-order valence-corrected chi connectivity index (χ3v) is 6.36. The van der Waals surface area contributed by atoms with Crippen molar-refractivity contribution in [2.45, 2.75) is 33.9 Å². The van der Waals surface area contributed by atoms with Crippen LogP contribution in [0.3, 0.4) is 0 Å². The van der Waals surface area contributed by atoms with Gasteiger partial charge in [0.15, 0.2) is 0 Å². The van der Waals surface area contributed by atoms with Crippen molar-refractivity contribution in [3.63, 3.8) is 0 Å². The van der Waals surface area contributed by atoms with E-state index in [9.17, 15) is 4.79 Å². The molecule has 0 N–H and O–H groups in total. The molecule has 0 fully saturated rings. The Bertz CT molecular complexity index is 1610. The average Bonchev–Trinajstić information content (AvgIpc) is 3.28. The fraction of sp³-hybridized carbons (Fsp3) is 0.185. The molecule has 0 aliphatic rings. The number of hydrogen-bond acceptors (Lipinski definition) is 5. The number of halogens is 1. The molecule has 7 nitrogen and oxygen atoms in total. The Morgan fingerprint density at radius 2 is 1.74 bits per heavy atom. The molecule has 0 saturated carbocycles. The van der Waals surface area contributed by atoms with Gasteiger partial charge in [-0.05, 0) is 67.8 Å². The molecule has 35 heavy (non-hydrogen) atoms. The Morgan fingerprint density at radius 1 is 0.943 bits per heavy atom. The maximum absolute atomic E-state index is 13.7. The van der Waals surface area contributed by atoms with Crippen LogP contribution in [0.25, 0.3) is 16.6 Å². The Kier molecular flexibility index (Phi) is 6.09. The average molecular weight is 486 g/mol. The molecular formula is C27H24ClN5O2. The summed E-state index contributed by atoms with van der Waals surface area (Å²) < 4.78 is 9.20. The molecule has 0 aliphatic carbocycles. The number of aromatic nitrogens is 5. The fourth-order valence-electron chi connectivity index (χ4n) is 4.10. The molecule has 5 rings (SSSR count). The molecule has 0 atom stereocenters. The first-order valence-corrected chi connectivity index (χ1v) is 11.6. The maximum Gasteiger partial charge on any atom is 0.266 e. The van der Waals surface area contributed by atoms with Crippen LogP contribution in [0, 0.1) is 20.8 Å². The predicted molar refractivity (Wildman–Crippen MR) is 136 cm³/mol. The second-order valence-electron chi connectivity index (χ2n) is 8.53. The van der Waals surface area contributed by atoms with Gasteiger partial charge in [-0.15, -0.1) is 5.10 Å². The number of para-hydroxylation sites is 1. The molecule has 0 bridgehead atoms. The van der Waals surface area contributed by atoms with E-state index in [-0.39, 0.29) is 18.7 Å². The lowest BCUT2D eigenvalue weighted by molar-refractivity contribution is 0.301. The molecule has 0 spiro atoms. The molecular weight excluding hydrogens is 462 g/mol. The van der Waals surface area contributed by atoms with Gasteiger partial charge in [0, 0.05) is 5.02 Å². The molecule has 0 unspecified atom stereocenters. The first kappa shape index (κ1) is 22.8. The minimum Gasteiger partial charge on any atom is -0.487 e. The van der Waals surface area contributed by atoms with Crippen molar-refractivity contribution in [2.75, 3.05) is 0 Å². The zero-order valence-corrected chi connectivity index (χ0v) is 20.5. The largest absolute Gasteiger partial charge is 0.487 e. The highest BCUT2D eigenvalue weighted by molar-refractivity contribution is 6.31. The third kappa shape index (κ3) is 4.55. The number of aryl methyl sites for hydroxylation is 3. The molecule has 2 aromatic heterocycles. The lowest BCUT2D eigenvalue weighted by Crippen LogP contribution is -2.26. The summed E-state index contributed by atoms with van der Waals surface area (Å²) in [6, 6.07) is 19.0. The van der Waals surface area contributed by atoms with Gasteiger partial charge in [-0.25, -0.2) is 9.67 Å². The monoisotopic (exact) mass is 485 g/mol. The smallest absolute Gasteiger partial charge is 0.266 e. The number of benzene rings is 3. The zero-order valence-electron chi connectivity index (χ0n) is 19.7. The van der Waals surface area contributed by atoms with Gasteiger partial charge in [0.2, 0.25) is 0 Å². The van der Waals surface area contributed by atoms with Crippen molar-refractivity contribution in [1.82, 2.24) is 24.5 Å². The molecule has 5 aromatic rings. The predicted octanol–water partition coefficient (Wildman–Crippen LogP) is 5.18. The van der Waals surface area contributed by atoms with Gasteiger partial charge in [0.05, 0.1) is 22.8 Å². The summed E-state index contributed by atoms with van der Waals surface area (Å²) >= 11 is 6.09. The number of rotatable bonds is 6. The van der Waals surface area contributed by atoms with Crippen LogP contribution in [0.2, 0.25) is 5.02 Å². The molecule has 0 radical (unpaired) electrons. The van der Waals surface area contributed by atoms with Gasteiger partial charge in [0.1, 0.15) is 30.4 Å². The highest BCUT2D eigenvalue weighted by Crippen LogP contribution is 2.22. The van der Waals surface area contributed by atoms with Crippen molar-refractivity contribution < 1.29 is 4.74 Å². The second-order valence-corrected chi connectivity index (χ2v) is 8.94. The van der Waals surface area contributed by atoms with E-state index in [2.05, 4.69) is 10.3 Å². The van der Waals surface area contributed by atoms with E-state index in [1.54, 1.807) is 21.5 Å². The summed E-state index contributed by atoms with van der Waals surface area (Å²) in [7, 11) is 0. The van der Waals surface area contributed by atoms with E-state index in [1.165, 1.54) is 0 Å². The first-order chi connectivity index (χ1) is 16.9. The van der Waals surface area contributed by atoms with E-state index < -0.39 is 0 Å². The lowest BCUT2D eigenvalue weighted by Gasteiger charge is -2.16. The summed E-state index contributed by atoms with van der Waals surface area (Å²) in [5.74, 6) is 1.29. The van der Waals surface area contributed by atoms with Crippen LogP contribution in [0.4, 0.5) is 0 Å². The quantitative estimate of drug-likeness (QED) is 0.331. The van der Waals surface area contributed by atoms with Gasteiger partial charge in [-0.1, -0.05) is 47.1 Å². The van der Waals surface area contributed by atoms with Gasteiger partial charge in [-0.3, -0.25) is 9.36 Å². The fourth-order valence-corrected chi connectivity index (χ4v) is 4.22. The molecule has 2 heterocycles. The normalized spacial score (nSPS) is 11.2. The van der Waals surface area contributed by atoms with Gasteiger partial charge in [-0.2, -0.15) is 0 Å². The Morgan fingerprint density at radius 3 is 2.54 bits per heavy atom. The molecule has 0 aliphatic heterocycles. The molecule has 176 valence electrons. The van der Waals surface area contributed by atoms with Crippen LogP contribution in [-0.2, 0) is 13.2 Å². The molecule has 8 heteroatoms. The molecule has 0 saturated heterocycles. The number of nitrogens with zero attached hydrogens (tertiary/aromatic N) is 5. The van der Waals surface area contributed by atoms with Crippen LogP contribution in [0.5, 0.6) is 5.75 Å². The first-order valence-electron chi connectivity index (χ1n) is 11.3. The van der Waals surface area contributed by atoms with E-state index in [0.29, 0.717) is 33.2 Å². The number of fused-ring (bicyclic) bond motifs is 1. The maximum atomic E-state index is 13.7. The summed E-state index contributed by atoms with van der Waals surface area (Å²) in [6.45, 7) is 6.38. The summed E-state index contributed by atoms with van der Waals surface area (Å²) in [5.41, 5.74) is 4.85.